The summed E-state index contributed by atoms with van der Waals surface area (Å²) in [5.41, 5.74) is 2.81. The van der Waals surface area contributed by atoms with Gasteiger partial charge in [0.2, 0.25) is 0 Å². The molecular weight excluding hydrogens is 330 g/mol. The summed E-state index contributed by atoms with van der Waals surface area (Å²) < 4.78 is 38.9. The third-order valence-corrected chi connectivity index (χ3v) is 4.33. The number of hydrogen-bond acceptors (Lipinski definition) is 5. The Morgan fingerprint density at radius 3 is 2.38 bits per heavy atom. The molecule has 2 aromatic carbocycles. The highest BCUT2D eigenvalue weighted by Gasteiger charge is 2.39. The first-order valence-electron chi connectivity index (χ1n) is 7.52. The van der Waals surface area contributed by atoms with Crippen LogP contribution < -0.4 is 5.14 Å². The zero-order valence-electron chi connectivity index (χ0n) is 13.2. The summed E-state index contributed by atoms with van der Waals surface area (Å²) in [6, 6.07) is 17.2. The molecule has 3 atom stereocenters. The van der Waals surface area contributed by atoms with Crippen LogP contribution in [-0.4, -0.2) is 21.1 Å². The van der Waals surface area contributed by atoms with Crippen molar-refractivity contribution >= 4 is 10.3 Å². The first-order valence-corrected chi connectivity index (χ1v) is 9.00. The van der Waals surface area contributed by atoms with Crippen LogP contribution in [0.4, 0.5) is 0 Å². The van der Waals surface area contributed by atoms with E-state index in [1.165, 1.54) is 0 Å². The van der Waals surface area contributed by atoms with Crippen molar-refractivity contribution in [2.24, 2.45) is 5.14 Å². The van der Waals surface area contributed by atoms with Crippen molar-refractivity contribution in [3.8, 4) is 0 Å². The lowest BCUT2D eigenvalue weighted by molar-refractivity contribution is -0.0727. The predicted molar refractivity (Wildman–Crippen MR) is 88.1 cm³/mol. The van der Waals surface area contributed by atoms with Crippen LogP contribution in [0.15, 0.2) is 54.6 Å². The van der Waals surface area contributed by atoms with E-state index in [1.54, 1.807) is 0 Å². The Bertz CT molecular complexity index is 794. The van der Waals surface area contributed by atoms with Gasteiger partial charge in [-0.25, -0.2) is 5.14 Å². The quantitative estimate of drug-likeness (QED) is 0.895. The van der Waals surface area contributed by atoms with Crippen molar-refractivity contribution in [1.29, 1.82) is 0 Å². The number of aryl methyl sites for hydroxylation is 1. The molecule has 1 fully saturated rings. The number of rotatable bonds is 5. The molecule has 0 radical (unpaired) electrons. The van der Waals surface area contributed by atoms with E-state index in [2.05, 4.69) is 0 Å². The molecule has 0 aromatic heterocycles. The van der Waals surface area contributed by atoms with Gasteiger partial charge in [-0.3, -0.25) is 4.18 Å². The Kier molecular flexibility index (Phi) is 4.98. The van der Waals surface area contributed by atoms with Gasteiger partial charge in [0, 0.05) is 5.56 Å². The third kappa shape index (κ3) is 4.00. The molecule has 1 saturated heterocycles. The number of hydrogen-bond donors (Lipinski definition) is 1. The van der Waals surface area contributed by atoms with Crippen LogP contribution in [0, 0.1) is 6.92 Å². The van der Waals surface area contributed by atoms with E-state index in [0.717, 1.165) is 16.7 Å². The zero-order valence-corrected chi connectivity index (χ0v) is 14.0. The molecule has 0 aliphatic carbocycles. The summed E-state index contributed by atoms with van der Waals surface area (Å²) >= 11 is 0. The lowest BCUT2D eigenvalue weighted by atomic mass is 10.00. The molecule has 128 valence electrons. The van der Waals surface area contributed by atoms with Crippen molar-refractivity contribution in [2.45, 2.75) is 25.4 Å². The van der Waals surface area contributed by atoms with E-state index in [1.807, 2.05) is 61.5 Å². The van der Waals surface area contributed by atoms with Crippen molar-refractivity contribution in [3.05, 3.63) is 71.3 Å². The second-order valence-corrected chi connectivity index (χ2v) is 6.83. The van der Waals surface area contributed by atoms with Crippen molar-refractivity contribution in [3.63, 3.8) is 0 Å². The van der Waals surface area contributed by atoms with Gasteiger partial charge in [-0.1, -0.05) is 54.6 Å². The molecule has 1 heterocycles. The minimum absolute atomic E-state index is 0.207. The molecular formula is C17H19NO5S. The summed E-state index contributed by atoms with van der Waals surface area (Å²) in [6.07, 6.45) is -1.63. The van der Waals surface area contributed by atoms with Crippen LogP contribution in [0.3, 0.4) is 0 Å². The molecule has 0 bridgehead atoms. The van der Waals surface area contributed by atoms with Gasteiger partial charge < -0.3 is 9.47 Å². The standard InChI is InChI=1S/C17H19NO5S/c1-12-7-5-6-10-14(12)16-15(11-21-24(18,19)20)22-17(23-16)13-8-3-2-4-9-13/h2-10,15-17H,11H2,1H3,(H2,18,19,20)/t15-,16-,17?/m1/s1. The number of benzene rings is 2. The third-order valence-electron chi connectivity index (χ3n) is 3.87. The van der Waals surface area contributed by atoms with Gasteiger partial charge in [-0.15, -0.1) is 0 Å². The zero-order chi connectivity index (χ0) is 17.2. The number of nitrogens with two attached hydrogens (primary N) is 1. The van der Waals surface area contributed by atoms with Gasteiger partial charge in [0.25, 0.3) is 0 Å². The molecule has 24 heavy (non-hydrogen) atoms. The monoisotopic (exact) mass is 349 g/mol. The summed E-state index contributed by atoms with van der Waals surface area (Å²) in [4.78, 5) is 0. The lowest BCUT2D eigenvalue weighted by Crippen LogP contribution is -2.27. The van der Waals surface area contributed by atoms with E-state index >= 15 is 0 Å². The summed E-state index contributed by atoms with van der Waals surface area (Å²) in [7, 11) is -4.05. The predicted octanol–water partition coefficient (Wildman–Crippen LogP) is 2.37. The normalized spacial score (nSPS) is 24.2. The molecule has 6 nitrogen and oxygen atoms in total. The molecule has 7 heteroatoms. The molecule has 1 aliphatic rings. The Morgan fingerprint density at radius 1 is 1.04 bits per heavy atom. The maximum atomic E-state index is 11.1. The van der Waals surface area contributed by atoms with Crippen LogP contribution >= 0.6 is 0 Å². The fraction of sp³-hybridized carbons (Fsp3) is 0.294. The molecule has 3 rings (SSSR count). The Labute approximate surface area is 141 Å². The summed E-state index contributed by atoms with van der Waals surface area (Å²) in [6.45, 7) is 1.76. The Balaban J connectivity index is 1.86. The van der Waals surface area contributed by atoms with E-state index in [0.29, 0.717) is 0 Å². The van der Waals surface area contributed by atoms with Gasteiger partial charge in [-0.2, -0.15) is 8.42 Å². The number of ether oxygens (including phenoxy) is 2. The van der Waals surface area contributed by atoms with Gasteiger partial charge >= 0.3 is 10.3 Å². The van der Waals surface area contributed by atoms with E-state index in [-0.39, 0.29) is 6.61 Å². The average Bonchev–Trinajstić information content (AvgIpc) is 2.98. The van der Waals surface area contributed by atoms with E-state index in [9.17, 15) is 8.42 Å². The highest BCUT2D eigenvalue weighted by atomic mass is 32.2. The molecule has 0 spiro atoms. The van der Waals surface area contributed by atoms with Crippen LogP contribution in [0.1, 0.15) is 29.1 Å². The van der Waals surface area contributed by atoms with E-state index < -0.39 is 28.8 Å². The fourth-order valence-electron chi connectivity index (χ4n) is 2.72. The van der Waals surface area contributed by atoms with Crippen LogP contribution in [-0.2, 0) is 24.0 Å². The SMILES string of the molecule is Cc1ccccc1[C@H]1OC(c2ccccc2)O[C@@H]1COS(N)(=O)=O. The second kappa shape index (κ2) is 7.00. The molecule has 1 unspecified atom stereocenters. The highest BCUT2D eigenvalue weighted by Crippen LogP contribution is 2.40. The van der Waals surface area contributed by atoms with Crippen molar-refractivity contribution in [1.82, 2.24) is 0 Å². The first kappa shape index (κ1) is 17.1. The van der Waals surface area contributed by atoms with E-state index in [4.69, 9.17) is 18.8 Å². The average molecular weight is 349 g/mol. The molecule has 1 aliphatic heterocycles. The van der Waals surface area contributed by atoms with Crippen LogP contribution in [0.25, 0.3) is 0 Å². The summed E-state index contributed by atoms with van der Waals surface area (Å²) in [5, 5.41) is 4.93. The van der Waals surface area contributed by atoms with Crippen LogP contribution in [0.5, 0.6) is 0 Å². The smallest absolute Gasteiger partial charge is 0.333 e. The van der Waals surface area contributed by atoms with Crippen LogP contribution in [0.2, 0.25) is 0 Å². The summed E-state index contributed by atoms with van der Waals surface area (Å²) in [5.74, 6) is 0. The first-order chi connectivity index (χ1) is 11.4. The molecule has 0 saturated carbocycles. The molecule has 0 amide bonds. The fourth-order valence-corrected chi connectivity index (χ4v) is 3.04. The molecule has 2 aromatic rings. The minimum atomic E-state index is -4.05. The van der Waals surface area contributed by atoms with Gasteiger partial charge in [-0.05, 0) is 18.1 Å². The van der Waals surface area contributed by atoms with Gasteiger partial charge in [0.1, 0.15) is 12.2 Å². The second-order valence-electron chi connectivity index (χ2n) is 5.61. The van der Waals surface area contributed by atoms with Crippen molar-refractivity contribution < 1.29 is 22.1 Å². The van der Waals surface area contributed by atoms with Gasteiger partial charge in [0.05, 0.1) is 6.61 Å². The van der Waals surface area contributed by atoms with Crippen molar-refractivity contribution in [2.75, 3.05) is 6.61 Å². The lowest BCUT2D eigenvalue weighted by Gasteiger charge is -2.18. The maximum Gasteiger partial charge on any atom is 0.333 e. The Morgan fingerprint density at radius 2 is 1.71 bits per heavy atom. The largest absolute Gasteiger partial charge is 0.340 e. The maximum absolute atomic E-state index is 11.1. The Hall–Kier alpha value is -1.77. The minimum Gasteiger partial charge on any atom is -0.340 e. The highest BCUT2D eigenvalue weighted by molar-refractivity contribution is 7.84. The molecule has 2 N–H and O–H groups in total. The topological polar surface area (TPSA) is 87.8 Å². The van der Waals surface area contributed by atoms with Gasteiger partial charge in [0.15, 0.2) is 6.29 Å².